The summed E-state index contributed by atoms with van der Waals surface area (Å²) in [5.41, 5.74) is 0.609. The molecule has 0 rings (SSSR count). The van der Waals surface area contributed by atoms with Crippen molar-refractivity contribution in [1.29, 1.82) is 0 Å². The van der Waals surface area contributed by atoms with Crippen LogP contribution < -0.4 is 0 Å². The van der Waals surface area contributed by atoms with E-state index in [2.05, 4.69) is 41.5 Å². The van der Waals surface area contributed by atoms with E-state index < -0.39 is 0 Å². The molecule has 0 saturated heterocycles. The molecule has 0 fully saturated rings. The SMILES string of the molecule is CCCCCCCC[N+](CCCCCCCC)(CCCCCCCC)C(Cl)CCCCCCCCCCC(Cl)[N+](CCCCCCCC)(CCCCCCCC)CCCCCCCC. The van der Waals surface area contributed by atoms with Crippen LogP contribution in [0.5, 0.6) is 0 Å². The molecule has 0 aliphatic carbocycles. The summed E-state index contributed by atoms with van der Waals surface area (Å²) in [4.78, 5) is 0. The van der Waals surface area contributed by atoms with Gasteiger partial charge in [0.25, 0.3) is 0 Å². The zero-order valence-corrected chi connectivity index (χ0v) is 47.1. The van der Waals surface area contributed by atoms with Crippen LogP contribution >= 0.6 is 23.2 Å². The highest BCUT2D eigenvalue weighted by molar-refractivity contribution is 6.19. The van der Waals surface area contributed by atoms with Gasteiger partial charge in [0.05, 0.1) is 39.3 Å². The predicted molar refractivity (Wildman–Crippen MR) is 295 cm³/mol. The van der Waals surface area contributed by atoms with E-state index in [1.807, 2.05) is 0 Å². The van der Waals surface area contributed by atoms with Gasteiger partial charge in [0.1, 0.15) is 0 Å². The average Bonchev–Trinajstić information content (AvgIpc) is 3.30. The lowest BCUT2D eigenvalue weighted by molar-refractivity contribution is -0.940. The quantitative estimate of drug-likeness (QED) is 0.0247. The van der Waals surface area contributed by atoms with Gasteiger partial charge < -0.3 is 8.97 Å². The van der Waals surface area contributed by atoms with Gasteiger partial charge in [0.2, 0.25) is 0 Å². The van der Waals surface area contributed by atoms with E-state index >= 15 is 0 Å². The molecular weight excluding hydrogens is 820 g/mol. The van der Waals surface area contributed by atoms with E-state index in [1.165, 1.54) is 344 Å². The number of unbranched alkanes of at least 4 members (excludes halogenated alkanes) is 37. The zero-order chi connectivity index (χ0) is 46.9. The molecule has 0 aliphatic heterocycles. The summed E-state index contributed by atoms with van der Waals surface area (Å²) < 4.78 is 2.44. The summed E-state index contributed by atoms with van der Waals surface area (Å²) in [5, 5.41) is 0. The minimum absolute atomic E-state index is 0.305. The van der Waals surface area contributed by atoms with Crippen molar-refractivity contribution < 1.29 is 8.97 Å². The Morgan fingerprint density at radius 3 is 0.516 bits per heavy atom. The monoisotopic (exact) mass is 943 g/mol. The van der Waals surface area contributed by atoms with Crippen LogP contribution in [0.1, 0.15) is 337 Å². The fourth-order valence-electron chi connectivity index (χ4n) is 11.0. The first-order valence-corrected chi connectivity index (χ1v) is 31.3. The molecule has 0 aliphatic rings. The molecule has 0 saturated carbocycles. The molecule has 0 aromatic rings. The lowest BCUT2D eigenvalue weighted by atomic mass is 10.0. The molecule has 0 aromatic carbocycles. The van der Waals surface area contributed by atoms with Crippen LogP contribution in [0.4, 0.5) is 0 Å². The van der Waals surface area contributed by atoms with Gasteiger partial charge in [0.15, 0.2) is 11.0 Å². The molecule has 0 aromatic heterocycles. The van der Waals surface area contributed by atoms with E-state index in [-0.39, 0.29) is 0 Å². The molecule has 386 valence electrons. The number of quaternary nitrogens is 2. The van der Waals surface area contributed by atoms with Crippen molar-refractivity contribution >= 4 is 23.2 Å². The second kappa shape index (κ2) is 49.9. The van der Waals surface area contributed by atoms with Gasteiger partial charge in [-0.15, -0.1) is 0 Å². The van der Waals surface area contributed by atoms with E-state index in [0.29, 0.717) is 11.0 Å². The molecule has 0 bridgehead atoms. The molecule has 4 heteroatoms. The summed E-state index contributed by atoms with van der Waals surface area (Å²) in [6, 6.07) is 0. The number of alkyl halides is 2. The Morgan fingerprint density at radius 2 is 0.344 bits per heavy atom. The van der Waals surface area contributed by atoms with E-state index in [4.69, 9.17) is 23.2 Å². The molecule has 0 radical (unpaired) electrons. The lowest BCUT2D eigenvalue weighted by Crippen LogP contribution is -2.55. The van der Waals surface area contributed by atoms with Crippen LogP contribution in [0.15, 0.2) is 0 Å². The van der Waals surface area contributed by atoms with Crippen molar-refractivity contribution in [3.05, 3.63) is 0 Å². The first kappa shape index (κ1) is 64.5. The Labute approximate surface area is 417 Å². The Kier molecular flexibility index (Phi) is 50.3. The van der Waals surface area contributed by atoms with Crippen molar-refractivity contribution in [3.8, 4) is 0 Å². The third-order valence-corrected chi connectivity index (χ3v) is 16.8. The molecule has 0 N–H and O–H groups in total. The molecule has 2 unspecified atom stereocenters. The summed E-state index contributed by atoms with van der Waals surface area (Å²) in [6.45, 7) is 22.0. The number of nitrogens with zero attached hydrogens (tertiary/aromatic N) is 2. The third kappa shape index (κ3) is 37.4. The second-order valence-corrected chi connectivity index (χ2v) is 22.7. The largest absolute Gasteiger partial charge is 0.309 e. The van der Waals surface area contributed by atoms with E-state index in [0.717, 1.165) is 0 Å². The zero-order valence-electron chi connectivity index (χ0n) is 45.6. The normalized spacial score (nSPS) is 13.3. The van der Waals surface area contributed by atoms with Crippen LogP contribution in [0, 0.1) is 0 Å². The fraction of sp³-hybridized carbons (Fsp3) is 1.00. The van der Waals surface area contributed by atoms with Gasteiger partial charge in [0, 0.05) is 12.8 Å². The molecule has 0 amide bonds. The number of hydrogen-bond donors (Lipinski definition) is 0. The highest BCUT2D eigenvalue weighted by Gasteiger charge is 2.35. The van der Waals surface area contributed by atoms with Crippen molar-refractivity contribution in [2.45, 2.75) is 348 Å². The Morgan fingerprint density at radius 1 is 0.203 bits per heavy atom. The number of hydrogen-bond acceptors (Lipinski definition) is 0. The van der Waals surface area contributed by atoms with Crippen molar-refractivity contribution in [3.63, 3.8) is 0 Å². The second-order valence-electron chi connectivity index (χ2n) is 21.7. The van der Waals surface area contributed by atoms with Crippen LogP contribution in [-0.2, 0) is 0 Å². The minimum atomic E-state index is 0.305. The van der Waals surface area contributed by atoms with Gasteiger partial charge in [-0.05, 0) is 89.9 Å². The summed E-state index contributed by atoms with van der Waals surface area (Å²) in [7, 11) is 0. The highest BCUT2D eigenvalue weighted by Crippen LogP contribution is 2.30. The Bertz CT molecular complexity index is 728. The third-order valence-electron chi connectivity index (χ3n) is 15.6. The Hall–Kier alpha value is 0.500. The molecule has 2 atom stereocenters. The van der Waals surface area contributed by atoms with Crippen LogP contribution in [0.2, 0.25) is 0 Å². The maximum atomic E-state index is 7.67. The number of rotatable bonds is 55. The van der Waals surface area contributed by atoms with Gasteiger partial charge >= 0.3 is 0 Å². The van der Waals surface area contributed by atoms with E-state index in [1.54, 1.807) is 0 Å². The van der Waals surface area contributed by atoms with Gasteiger partial charge in [-0.1, -0.05) is 257 Å². The maximum absolute atomic E-state index is 7.67. The van der Waals surface area contributed by atoms with Crippen LogP contribution in [-0.4, -0.2) is 59.2 Å². The predicted octanol–water partition coefficient (Wildman–Crippen LogP) is 21.8. The fourth-order valence-corrected chi connectivity index (χ4v) is 11.9. The topological polar surface area (TPSA) is 0 Å². The lowest BCUT2D eigenvalue weighted by Gasteiger charge is -2.43. The number of halogens is 2. The van der Waals surface area contributed by atoms with Crippen molar-refractivity contribution in [1.82, 2.24) is 0 Å². The maximum Gasteiger partial charge on any atom is 0.164 e. The smallest absolute Gasteiger partial charge is 0.164 e. The molecule has 2 nitrogen and oxygen atoms in total. The average molecular weight is 945 g/mol. The van der Waals surface area contributed by atoms with Crippen LogP contribution in [0.3, 0.4) is 0 Å². The molecule has 64 heavy (non-hydrogen) atoms. The van der Waals surface area contributed by atoms with Crippen molar-refractivity contribution in [2.24, 2.45) is 0 Å². The molecule has 0 spiro atoms. The molecule has 0 heterocycles. The highest BCUT2D eigenvalue weighted by atomic mass is 35.5. The van der Waals surface area contributed by atoms with E-state index in [9.17, 15) is 0 Å². The van der Waals surface area contributed by atoms with Crippen molar-refractivity contribution in [2.75, 3.05) is 39.3 Å². The van der Waals surface area contributed by atoms with Crippen LogP contribution in [0.25, 0.3) is 0 Å². The van der Waals surface area contributed by atoms with Gasteiger partial charge in [-0.3, -0.25) is 0 Å². The minimum Gasteiger partial charge on any atom is -0.309 e. The summed E-state index contributed by atoms with van der Waals surface area (Å²) in [5.74, 6) is 0. The van der Waals surface area contributed by atoms with Gasteiger partial charge in [-0.25, -0.2) is 0 Å². The molecular formula is C60H124Cl2N2+2. The first-order valence-electron chi connectivity index (χ1n) is 30.4. The van der Waals surface area contributed by atoms with Gasteiger partial charge in [-0.2, -0.15) is 0 Å². The standard InChI is InChI=1S/C60H124Cl2N2/c1-7-13-19-25-37-45-53-63(54-46-38-26-20-14-8-2,55-47-39-27-21-15-9-3)59(61)51-43-35-33-31-32-34-36-44-52-60(62)64(56-48-40-28-22-16-10-4,57-49-41-29-23-17-11-5)58-50-42-30-24-18-12-6/h59-60H,7-58H2,1-6H3/q+2. The first-order chi connectivity index (χ1) is 31.4. The summed E-state index contributed by atoms with van der Waals surface area (Å²) in [6.07, 6.45) is 63.5. The Balaban J connectivity index is 5.22. The summed E-state index contributed by atoms with van der Waals surface area (Å²) >= 11 is 15.3.